The predicted octanol–water partition coefficient (Wildman–Crippen LogP) is 3.10. The zero-order chi connectivity index (χ0) is 15.4. The van der Waals surface area contributed by atoms with Gasteiger partial charge >= 0.3 is 5.97 Å². The number of halogens is 1. The molecule has 1 atom stereocenters. The number of hydrogen-bond donors (Lipinski definition) is 1. The van der Waals surface area contributed by atoms with Gasteiger partial charge in [0, 0.05) is 24.0 Å². The summed E-state index contributed by atoms with van der Waals surface area (Å²) >= 11 is 1.39. The van der Waals surface area contributed by atoms with Gasteiger partial charge in [0.2, 0.25) is 0 Å². The van der Waals surface area contributed by atoms with Gasteiger partial charge in [0.15, 0.2) is 0 Å². The zero-order valence-electron chi connectivity index (χ0n) is 11.9. The summed E-state index contributed by atoms with van der Waals surface area (Å²) in [5.74, 6) is -1.53. The average Bonchev–Trinajstić information content (AvgIpc) is 2.87. The van der Waals surface area contributed by atoms with Gasteiger partial charge in [-0.2, -0.15) is 0 Å². The quantitative estimate of drug-likeness (QED) is 0.891. The van der Waals surface area contributed by atoms with Gasteiger partial charge in [0.05, 0.1) is 11.6 Å². The van der Waals surface area contributed by atoms with Crippen LogP contribution in [0, 0.1) is 11.7 Å². The van der Waals surface area contributed by atoms with E-state index in [1.54, 1.807) is 25.1 Å². The summed E-state index contributed by atoms with van der Waals surface area (Å²) in [6.45, 7) is 2.66. The van der Waals surface area contributed by atoms with Crippen LogP contribution in [0.25, 0.3) is 10.6 Å². The van der Waals surface area contributed by atoms with Crippen LogP contribution in [0.15, 0.2) is 29.6 Å². The van der Waals surface area contributed by atoms with Gasteiger partial charge in [-0.05, 0) is 19.2 Å². The van der Waals surface area contributed by atoms with Gasteiger partial charge in [0.1, 0.15) is 10.8 Å². The van der Waals surface area contributed by atoms with Crippen molar-refractivity contribution < 1.29 is 14.3 Å². The highest BCUT2D eigenvalue weighted by Crippen LogP contribution is 2.26. The van der Waals surface area contributed by atoms with Crippen LogP contribution >= 0.6 is 11.3 Å². The molecule has 1 heterocycles. The Morgan fingerprint density at radius 1 is 1.48 bits per heavy atom. The van der Waals surface area contributed by atoms with Crippen LogP contribution in [0.4, 0.5) is 4.39 Å². The number of carboxylic acids is 1. The maximum Gasteiger partial charge on any atom is 0.307 e. The lowest BCUT2D eigenvalue weighted by atomic mass is 10.2. The Kier molecular flexibility index (Phi) is 5.03. The van der Waals surface area contributed by atoms with E-state index in [9.17, 15) is 9.18 Å². The van der Waals surface area contributed by atoms with Crippen LogP contribution in [-0.4, -0.2) is 34.6 Å². The van der Waals surface area contributed by atoms with Gasteiger partial charge in [-0.25, -0.2) is 9.37 Å². The van der Waals surface area contributed by atoms with E-state index in [2.05, 4.69) is 4.98 Å². The van der Waals surface area contributed by atoms with Crippen molar-refractivity contribution in [2.75, 3.05) is 13.6 Å². The van der Waals surface area contributed by atoms with E-state index in [0.29, 0.717) is 23.7 Å². The van der Waals surface area contributed by atoms with Crippen LogP contribution in [0.5, 0.6) is 0 Å². The summed E-state index contributed by atoms with van der Waals surface area (Å²) in [4.78, 5) is 17.2. The van der Waals surface area contributed by atoms with Gasteiger partial charge < -0.3 is 5.11 Å². The summed E-state index contributed by atoms with van der Waals surface area (Å²) < 4.78 is 13.7. The third-order valence-corrected chi connectivity index (χ3v) is 4.02. The molecule has 2 rings (SSSR count). The smallest absolute Gasteiger partial charge is 0.307 e. The number of carbonyl (C=O) groups is 1. The molecule has 1 unspecified atom stereocenters. The average molecular weight is 308 g/mol. The molecule has 0 saturated heterocycles. The third kappa shape index (κ3) is 4.09. The molecule has 0 aliphatic rings. The van der Waals surface area contributed by atoms with Crippen molar-refractivity contribution in [3.8, 4) is 10.6 Å². The predicted molar refractivity (Wildman–Crippen MR) is 80.6 cm³/mol. The second kappa shape index (κ2) is 6.78. The van der Waals surface area contributed by atoms with Crippen molar-refractivity contribution in [2.24, 2.45) is 5.92 Å². The van der Waals surface area contributed by atoms with Gasteiger partial charge in [-0.15, -0.1) is 11.3 Å². The molecule has 1 aromatic carbocycles. The van der Waals surface area contributed by atoms with E-state index in [0.717, 1.165) is 5.69 Å². The highest BCUT2D eigenvalue weighted by Gasteiger charge is 2.15. The summed E-state index contributed by atoms with van der Waals surface area (Å²) in [6, 6.07) is 6.54. The Bertz CT molecular complexity index is 630. The Balaban J connectivity index is 2.04. The molecule has 112 valence electrons. The Morgan fingerprint density at radius 2 is 2.19 bits per heavy atom. The first-order valence-corrected chi connectivity index (χ1v) is 7.46. The number of thiazole rings is 1. The van der Waals surface area contributed by atoms with E-state index in [1.807, 2.05) is 17.3 Å². The Labute approximate surface area is 126 Å². The molecule has 1 N–H and O–H groups in total. The van der Waals surface area contributed by atoms with Gasteiger partial charge in [-0.1, -0.05) is 19.1 Å². The number of rotatable bonds is 6. The molecule has 0 radical (unpaired) electrons. The summed E-state index contributed by atoms with van der Waals surface area (Å²) in [5.41, 5.74) is 1.31. The minimum atomic E-state index is -0.813. The third-order valence-electron chi connectivity index (χ3n) is 3.10. The van der Waals surface area contributed by atoms with Crippen molar-refractivity contribution >= 4 is 17.3 Å². The highest BCUT2D eigenvalue weighted by atomic mass is 32.1. The first-order chi connectivity index (χ1) is 9.97. The van der Waals surface area contributed by atoms with E-state index in [-0.39, 0.29) is 5.82 Å². The monoisotopic (exact) mass is 308 g/mol. The van der Waals surface area contributed by atoms with Crippen molar-refractivity contribution in [1.29, 1.82) is 0 Å². The molecule has 0 bridgehead atoms. The minimum absolute atomic E-state index is 0.286. The molecule has 21 heavy (non-hydrogen) atoms. The molecule has 0 fully saturated rings. The van der Waals surface area contributed by atoms with Gasteiger partial charge in [0.25, 0.3) is 0 Å². The zero-order valence-corrected chi connectivity index (χ0v) is 12.7. The number of benzene rings is 1. The standard InChI is InChI=1S/C15H17FN2O2S/c1-10(15(19)20)7-18(2)8-11-9-21-14(17-11)12-5-3-4-6-13(12)16/h3-6,9-10H,7-8H2,1-2H3,(H,19,20). The lowest BCUT2D eigenvalue weighted by Gasteiger charge is -2.17. The first kappa shape index (κ1) is 15.6. The fourth-order valence-corrected chi connectivity index (χ4v) is 2.86. The summed E-state index contributed by atoms with van der Waals surface area (Å²) in [5, 5.41) is 11.4. The molecule has 0 aliphatic heterocycles. The fraction of sp³-hybridized carbons (Fsp3) is 0.333. The van der Waals surface area contributed by atoms with Crippen molar-refractivity contribution in [3.63, 3.8) is 0 Å². The fourth-order valence-electron chi connectivity index (χ4n) is 2.02. The largest absolute Gasteiger partial charge is 0.481 e. The Morgan fingerprint density at radius 3 is 2.86 bits per heavy atom. The minimum Gasteiger partial charge on any atom is -0.481 e. The van der Waals surface area contributed by atoms with E-state index in [1.165, 1.54) is 17.4 Å². The molecule has 6 heteroatoms. The van der Waals surface area contributed by atoms with Crippen molar-refractivity contribution in [2.45, 2.75) is 13.5 Å². The summed E-state index contributed by atoms with van der Waals surface area (Å²) in [6.07, 6.45) is 0. The number of hydrogen-bond acceptors (Lipinski definition) is 4. The second-order valence-corrected chi connectivity index (χ2v) is 5.92. The second-order valence-electron chi connectivity index (χ2n) is 5.06. The molecular weight excluding hydrogens is 291 g/mol. The molecule has 0 aliphatic carbocycles. The van der Waals surface area contributed by atoms with Crippen LogP contribution in [0.3, 0.4) is 0 Å². The molecule has 0 saturated carbocycles. The molecule has 2 aromatic rings. The first-order valence-electron chi connectivity index (χ1n) is 6.58. The number of aromatic nitrogens is 1. The van der Waals surface area contributed by atoms with Crippen LogP contribution in [0.2, 0.25) is 0 Å². The highest BCUT2D eigenvalue weighted by molar-refractivity contribution is 7.13. The number of carboxylic acid groups (broad SMARTS) is 1. The normalized spacial score (nSPS) is 12.6. The van der Waals surface area contributed by atoms with E-state index >= 15 is 0 Å². The molecule has 0 amide bonds. The van der Waals surface area contributed by atoms with E-state index in [4.69, 9.17) is 5.11 Å². The van der Waals surface area contributed by atoms with Crippen LogP contribution in [0.1, 0.15) is 12.6 Å². The maximum absolute atomic E-state index is 13.7. The molecule has 4 nitrogen and oxygen atoms in total. The molecule has 0 spiro atoms. The number of nitrogens with zero attached hydrogens (tertiary/aromatic N) is 2. The summed E-state index contributed by atoms with van der Waals surface area (Å²) in [7, 11) is 1.85. The van der Waals surface area contributed by atoms with Crippen LogP contribution < -0.4 is 0 Å². The molecular formula is C15H17FN2O2S. The lowest BCUT2D eigenvalue weighted by Crippen LogP contribution is -2.28. The SMILES string of the molecule is CC(CN(C)Cc1csc(-c2ccccc2F)n1)C(=O)O. The van der Waals surface area contributed by atoms with Crippen LogP contribution in [-0.2, 0) is 11.3 Å². The number of aliphatic carboxylic acids is 1. The Hall–Kier alpha value is -1.79. The lowest BCUT2D eigenvalue weighted by molar-refractivity contribution is -0.141. The topological polar surface area (TPSA) is 53.4 Å². The van der Waals surface area contributed by atoms with Gasteiger partial charge in [-0.3, -0.25) is 9.69 Å². The van der Waals surface area contributed by atoms with E-state index < -0.39 is 11.9 Å². The van der Waals surface area contributed by atoms with Crippen molar-refractivity contribution in [1.82, 2.24) is 9.88 Å². The van der Waals surface area contributed by atoms with Crippen molar-refractivity contribution in [3.05, 3.63) is 41.2 Å². The maximum atomic E-state index is 13.7. The molecule has 1 aromatic heterocycles.